The van der Waals surface area contributed by atoms with Crippen LogP contribution in [0, 0.1) is 0 Å². The third kappa shape index (κ3) is 3.93. The van der Waals surface area contributed by atoms with Gasteiger partial charge < -0.3 is 10.1 Å². The minimum atomic E-state index is -0.493. The van der Waals surface area contributed by atoms with Gasteiger partial charge in [-0.15, -0.1) is 0 Å². The standard InChI is InChI=1S/C15H15NO3S/c1-11(17)16-9-14(12-5-3-2-4-6-12)19-15(18)13-7-8-20-10-13/h2-8,10,14H,9H2,1H3,(H,16,17). The lowest BCUT2D eigenvalue weighted by atomic mass is 10.1. The lowest BCUT2D eigenvalue weighted by molar-refractivity contribution is -0.119. The van der Waals surface area contributed by atoms with Gasteiger partial charge in [0.25, 0.3) is 0 Å². The second kappa shape index (κ2) is 6.86. The zero-order valence-electron chi connectivity index (χ0n) is 11.0. The first-order valence-corrected chi connectivity index (χ1v) is 7.13. The van der Waals surface area contributed by atoms with E-state index in [1.54, 1.807) is 11.4 Å². The van der Waals surface area contributed by atoms with Crippen LogP contribution in [0.15, 0.2) is 47.2 Å². The molecular weight excluding hydrogens is 274 g/mol. The summed E-state index contributed by atoms with van der Waals surface area (Å²) in [7, 11) is 0. The highest BCUT2D eigenvalue weighted by molar-refractivity contribution is 7.08. The minimum absolute atomic E-state index is 0.155. The molecule has 1 N–H and O–H groups in total. The number of carbonyl (C=O) groups excluding carboxylic acids is 2. The Morgan fingerprint density at radius 1 is 1.25 bits per heavy atom. The third-order valence-electron chi connectivity index (χ3n) is 2.71. The minimum Gasteiger partial charge on any atom is -0.452 e. The molecule has 0 saturated carbocycles. The van der Waals surface area contributed by atoms with E-state index in [-0.39, 0.29) is 18.4 Å². The summed E-state index contributed by atoms with van der Waals surface area (Å²) in [5.41, 5.74) is 1.38. The molecule has 0 aliphatic rings. The molecule has 0 aliphatic heterocycles. The maximum atomic E-state index is 12.0. The van der Waals surface area contributed by atoms with Gasteiger partial charge in [0.2, 0.25) is 5.91 Å². The van der Waals surface area contributed by atoms with Crippen LogP contribution in [-0.2, 0) is 9.53 Å². The van der Waals surface area contributed by atoms with E-state index in [1.807, 2.05) is 35.7 Å². The molecule has 0 spiro atoms. The highest BCUT2D eigenvalue weighted by Gasteiger charge is 2.18. The normalized spacial score (nSPS) is 11.7. The van der Waals surface area contributed by atoms with Gasteiger partial charge in [0.15, 0.2) is 0 Å². The molecule has 0 radical (unpaired) electrons. The molecule has 1 unspecified atom stereocenters. The van der Waals surface area contributed by atoms with Gasteiger partial charge in [-0.2, -0.15) is 11.3 Å². The Morgan fingerprint density at radius 2 is 2.00 bits per heavy atom. The molecular formula is C15H15NO3S. The fourth-order valence-corrected chi connectivity index (χ4v) is 2.33. The van der Waals surface area contributed by atoms with E-state index in [4.69, 9.17) is 4.74 Å². The van der Waals surface area contributed by atoms with Crippen LogP contribution >= 0.6 is 11.3 Å². The summed E-state index contributed by atoms with van der Waals surface area (Å²) < 4.78 is 5.48. The number of ether oxygens (including phenoxy) is 1. The van der Waals surface area contributed by atoms with Crippen molar-refractivity contribution in [3.8, 4) is 0 Å². The molecule has 1 heterocycles. The van der Waals surface area contributed by atoms with E-state index in [2.05, 4.69) is 5.32 Å². The molecule has 2 aromatic rings. The van der Waals surface area contributed by atoms with Crippen molar-refractivity contribution in [3.63, 3.8) is 0 Å². The quantitative estimate of drug-likeness (QED) is 0.861. The summed E-state index contributed by atoms with van der Waals surface area (Å²) in [4.78, 5) is 23.0. The fourth-order valence-electron chi connectivity index (χ4n) is 1.71. The molecule has 4 nitrogen and oxygen atoms in total. The summed E-state index contributed by atoms with van der Waals surface area (Å²) in [5.74, 6) is -0.539. The molecule has 1 aromatic carbocycles. The molecule has 1 atom stereocenters. The number of carbonyl (C=O) groups is 2. The molecule has 0 fully saturated rings. The predicted molar refractivity (Wildman–Crippen MR) is 77.6 cm³/mol. The summed E-state index contributed by atoms with van der Waals surface area (Å²) in [6.45, 7) is 1.69. The second-order valence-electron chi connectivity index (χ2n) is 4.25. The smallest absolute Gasteiger partial charge is 0.339 e. The number of hydrogen-bond donors (Lipinski definition) is 1. The molecule has 1 aromatic heterocycles. The van der Waals surface area contributed by atoms with Crippen molar-refractivity contribution in [1.29, 1.82) is 0 Å². The van der Waals surface area contributed by atoms with Crippen LogP contribution in [0.25, 0.3) is 0 Å². The average molecular weight is 289 g/mol. The Hall–Kier alpha value is -2.14. The highest BCUT2D eigenvalue weighted by atomic mass is 32.1. The Kier molecular flexibility index (Phi) is 4.90. The average Bonchev–Trinajstić information content (AvgIpc) is 2.98. The van der Waals surface area contributed by atoms with Crippen molar-refractivity contribution >= 4 is 23.2 Å². The maximum Gasteiger partial charge on any atom is 0.339 e. The Labute approximate surface area is 121 Å². The van der Waals surface area contributed by atoms with E-state index in [0.29, 0.717) is 5.56 Å². The van der Waals surface area contributed by atoms with E-state index in [0.717, 1.165) is 5.56 Å². The van der Waals surface area contributed by atoms with Crippen molar-refractivity contribution in [2.45, 2.75) is 13.0 Å². The summed E-state index contributed by atoms with van der Waals surface area (Å²) in [5, 5.41) is 6.24. The monoisotopic (exact) mass is 289 g/mol. The van der Waals surface area contributed by atoms with Gasteiger partial charge in [0.1, 0.15) is 6.10 Å². The zero-order chi connectivity index (χ0) is 14.4. The van der Waals surface area contributed by atoms with Gasteiger partial charge >= 0.3 is 5.97 Å². The number of hydrogen-bond acceptors (Lipinski definition) is 4. The van der Waals surface area contributed by atoms with Crippen LogP contribution in [0.2, 0.25) is 0 Å². The molecule has 104 valence electrons. The fraction of sp³-hybridized carbons (Fsp3) is 0.200. The molecule has 2 rings (SSSR count). The lowest BCUT2D eigenvalue weighted by Gasteiger charge is -2.18. The van der Waals surface area contributed by atoms with Crippen LogP contribution in [0.3, 0.4) is 0 Å². The number of esters is 1. The lowest BCUT2D eigenvalue weighted by Crippen LogP contribution is -2.28. The summed E-state index contributed by atoms with van der Waals surface area (Å²) in [6, 6.07) is 11.1. The van der Waals surface area contributed by atoms with E-state index in [1.165, 1.54) is 18.3 Å². The number of benzene rings is 1. The second-order valence-corrected chi connectivity index (χ2v) is 5.03. The van der Waals surface area contributed by atoms with Gasteiger partial charge in [-0.1, -0.05) is 30.3 Å². The largest absolute Gasteiger partial charge is 0.452 e. The first kappa shape index (κ1) is 14.3. The Balaban J connectivity index is 2.10. The Bertz CT molecular complexity index is 566. The predicted octanol–water partition coefficient (Wildman–Crippen LogP) is 2.78. The first-order valence-electron chi connectivity index (χ1n) is 6.19. The van der Waals surface area contributed by atoms with E-state index >= 15 is 0 Å². The van der Waals surface area contributed by atoms with Crippen molar-refractivity contribution in [3.05, 3.63) is 58.3 Å². The van der Waals surface area contributed by atoms with Crippen LogP contribution in [0.5, 0.6) is 0 Å². The SMILES string of the molecule is CC(=O)NCC(OC(=O)c1ccsc1)c1ccccc1. The van der Waals surface area contributed by atoms with Gasteiger partial charge in [0.05, 0.1) is 12.1 Å². The molecule has 0 saturated heterocycles. The van der Waals surface area contributed by atoms with E-state index in [9.17, 15) is 9.59 Å². The first-order chi connectivity index (χ1) is 9.66. The van der Waals surface area contributed by atoms with Gasteiger partial charge in [-0.05, 0) is 17.0 Å². The number of thiophene rings is 1. The number of rotatable bonds is 5. The van der Waals surface area contributed by atoms with Crippen LogP contribution in [-0.4, -0.2) is 18.4 Å². The Morgan fingerprint density at radius 3 is 2.60 bits per heavy atom. The topological polar surface area (TPSA) is 55.4 Å². The number of nitrogens with one attached hydrogen (secondary N) is 1. The van der Waals surface area contributed by atoms with E-state index < -0.39 is 6.10 Å². The van der Waals surface area contributed by atoms with Crippen LogP contribution < -0.4 is 5.32 Å². The summed E-state index contributed by atoms with van der Waals surface area (Å²) in [6.07, 6.45) is -0.493. The van der Waals surface area contributed by atoms with Crippen molar-refractivity contribution in [2.75, 3.05) is 6.54 Å². The number of amides is 1. The molecule has 1 amide bonds. The zero-order valence-corrected chi connectivity index (χ0v) is 11.9. The van der Waals surface area contributed by atoms with Crippen molar-refractivity contribution in [1.82, 2.24) is 5.32 Å². The summed E-state index contributed by atoms with van der Waals surface area (Å²) >= 11 is 1.44. The van der Waals surface area contributed by atoms with Crippen molar-refractivity contribution in [2.24, 2.45) is 0 Å². The molecule has 5 heteroatoms. The van der Waals surface area contributed by atoms with Crippen LogP contribution in [0.4, 0.5) is 0 Å². The van der Waals surface area contributed by atoms with Gasteiger partial charge in [0, 0.05) is 12.3 Å². The molecule has 0 aliphatic carbocycles. The third-order valence-corrected chi connectivity index (χ3v) is 3.40. The van der Waals surface area contributed by atoms with Gasteiger partial charge in [-0.25, -0.2) is 4.79 Å². The highest BCUT2D eigenvalue weighted by Crippen LogP contribution is 2.19. The van der Waals surface area contributed by atoms with Gasteiger partial charge in [-0.3, -0.25) is 4.79 Å². The maximum absolute atomic E-state index is 12.0. The molecule has 20 heavy (non-hydrogen) atoms. The van der Waals surface area contributed by atoms with Crippen LogP contribution in [0.1, 0.15) is 28.9 Å². The van der Waals surface area contributed by atoms with Crippen molar-refractivity contribution < 1.29 is 14.3 Å². The molecule has 0 bridgehead atoms.